The summed E-state index contributed by atoms with van der Waals surface area (Å²) in [5.41, 5.74) is 2.18. The van der Waals surface area contributed by atoms with Gasteiger partial charge in [-0.1, -0.05) is 6.07 Å². The molecule has 0 radical (unpaired) electrons. The van der Waals surface area contributed by atoms with Gasteiger partial charge in [0.05, 0.1) is 5.69 Å². The van der Waals surface area contributed by atoms with Gasteiger partial charge in [-0.2, -0.15) is 0 Å². The number of fused-ring (bicyclic) bond motifs is 2. The minimum atomic E-state index is -0.524. The lowest BCUT2D eigenvalue weighted by molar-refractivity contribution is -0.122. The average molecular weight is 368 g/mol. The Morgan fingerprint density at radius 2 is 1.89 bits per heavy atom. The molecule has 2 N–H and O–H groups in total. The molecule has 2 aliphatic rings. The molecule has 0 aliphatic carbocycles. The van der Waals surface area contributed by atoms with E-state index in [0.29, 0.717) is 43.2 Å². The fourth-order valence-electron chi connectivity index (χ4n) is 3.01. The number of amides is 2. The number of aryl methyl sites for hydroxylation is 1. The molecule has 2 heterocycles. The molecule has 0 saturated heterocycles. The molecule has 7 heteroatoms. The highest BCUT2D eigenvalue weighted by Crippen LogP contribution is 2.33. The van der Waals surface area contributed by atoms with Gasteiger partial charge in [0.1, 0.15) is 19.0 Å². The molecular weight excluding hydrogens is 348 g/mol. The standard InChI is InChI=1S/C20H20N2O5/c1-12-20(24)22-15-11-14(4-6-16(15)27-12)21-19(23)7-3-13-2-5-17-18(10-13)26-9-8-25-17/h2,4-6,10-12H,3,7-9H2,1H3,(H,21,23)(H,22,24)/t12-/m1/s1. The van der Waals surface area contributed by atoms with Crippen LogP contribution in [0.5, 0.6) is 17.2 Å². The molecule has 2 aromatic rings. The van der Waals surface area contributed by atoms with Crippen molar-refractivity contribution in [2.24, 2.45) is 0 Å². The second kappa shape index (κ2) is 7.19. The van der Waals surface area contributed by atoms with E-state index in [1.165, 1.54) is 0 Å². The van der Waals surface area contributed by atoms with Crippen molar-refractivity contribution in [2.75, 3.05) is 23.8 Å². The number of hydrogen-bond acceptors (Lipinski definition) is 5. The molecule has 2 amide bonds. The van der Waals surface area contributed by atoms with Crippen molar-refractivity contribution in [3.63, 3.8) is 0 Å². The number of ether oxygens (including phenoxy) is 3. The van der Waals surface area contributed by atoms with Crippen molar-refractivity contribution in [2.45, 2.75) is 25.9 Å². The van der Waals surface area contributed by atoms with Crippen molar-refractivity contribution in [3.05, 3.63) is 42.0 Å². The summed E-state index contributed by atoms with van der Waals surface area (Å²) in [5, 5.41) is 5.62. The number of carbonyl (C=O) groups is 2. The Morgan fingerprint density at radius 3 is 2.74 bits per heavy atom. The smallest absolute Gasteiger partial charge is 0.265 e. The van der Waals surface area contributed by atoms with Gasteiger partial charge in [0, 0.05) is 12.1 Å². The first kappa shape index (κ1) is 17.2. The maximum absolute atomic E-state index is 12.3. The zero-order valence-electron chi connectivity index (χ0n) is 14.9. The first-order valence-corrected chi connectivity index (χ1v) is 8.88. The highest BCUT2D eigenvalue weighted by Gasteiger charge is 2.23. The van der Waals surface area contributed by atoms with E-state index < -0.39 is 6.10 Å². The van der Waals surface area contributed by atoms with E-state index in [4.69, 9.17) is 14.2 Å². The first-order valence-electron chi connectivity index (χ1n) is 8.88. The molecule has 140 valence electrons. The highest BCUT2D eigenvalue weighted by atomic mass is 16.6. The van der Waals surface area contributed by atoms with Gasteiger partial charge < -0.3 is 24.8 Å². The topological polar surface area (TPSA) is 85.9 Å². The van der Waals surface area contributed by atoms with Crippen LogP contribution in [0.2, 0.25) is 0 Å². The van der Waals surface area contributed by atoms with E-state index in [1.807, 2.05) is 18.2 Å². The maximum atomic E-state index is 12.3. The van der Waals surface area contributed by atoms with E-state index in [2.05, 4.69) is 10.6 Å². The highest BCUT2D eigenvalue weighted by molar-refractivity contribution is 5.99. The molecule has 27 heavy (non-hydrogen) atoms. The van der Waals surface area contributed by atoms with Crippen molar-refractivity contribution in [1.29, 1.82) is 0 Å². The van der Waals surface area contributed by atoms with Crippen LogP contribution < -0.4 is 24.8 Å². The third kappa shape index (κ3) is 3.81. The van der Waals surface area contributed by atoms with E-state index in [-0.39, 0.29) is 11.8 Å². The zero-order valence-corrected chi connectivity index (χ0v) is 14.9. The number of nitrogens with one attached hydrogen (secondary N) is 2. The Kier molecular flexibility index (Phi) is 4.58. The minimum absolute atomic E-state index is 0.110. The summed E-state index contributed by atoms with van der Waals surface area (Å²) < 4.78 is 16.6. The normalized spacial score (nSPS) is 17.4. The Hall–Kier alpha value is -3.22. The van der Waals surface area contributed by atoms with Crippen LogP contribution in [0.4, 0.5) is 11.4 Å². The molecule has 0 fully saturated rings. The second-order valence-electron chi connectivity index (χ2n) is 6.49. The summed E-state index contributed by atoms with van der Waals surface area (Å²) in [6.07, 6.45) is 0.394. The third-order valence-electron chi connectivity index (χ3n) is 4.44. The molecule has 0 unspecified atom stereocenters. The van der Waals surface area contributed by atoms with E-state index in [9.17, 15) is 9.59 Å². The third-order valence-corrected chi connectivity index (χ3v) is 4.44. The van der Waals surface area contributed by atoms with Crippen LogP contribution in [0.15, 0.2) is 36.4 Å². The summed E-state index contributed by atoms with van der Waals surface area (Å²) in [6, 6.07) is 10.9. The molecule has 0 bridgehead atoms. The lowest BCUT2D eigenvalue weighted by atomic mass is 10.1. The second-order valence-corrected chi connectivity index (χ2v) is 6.49. The number of hydrogen-bond donors (Lipinski definition) is 2. The van der Waals surface area contributed by atoms with Crippen LogP contribution in [-0.4, -0.2) is 31.1 Å². The van der Waals surface area contributed by atoms with Crippen molar-refractivity contribution in [3.8, 4) is 17.2 Å². The van der Waals surface area contributed by atoms with Crippen molar-refractivity contribution < 1.29 is 23.8 Å². The minimum Gasteiger partial charge on any atom is -0.486 e. The van der Waals surface area contributed by atoms with Crippen LogP contribution in [0.1, 0.15) is 18.9 Å². The van der Waals surface area contributed by atoms with Gasteiger partial charge >= 0.3 is 0 Å². The van der Waals surface area contributed by atoms with Gasteiger partial charge in [0.15, 0.2) is 17.6 Å². The van der Waals surface area contributed by atoms with Gasteiger partial charge in [-0.3, -0.25) is 9.59 Å². The average Bonchev–Trinajstić information content (AvgIpc) is 2.67. The molecule has 1 atom stereocenters. The lowest BCUT2D eigenvalue weighted by Gasteiger charge is -2.23. The van der Waals surface area contributed by atoms with Gasteiger partial charge in [-0.15, -0.1) is 0 Å². The van der Waals surface area contributed by atoms with Crippen molar-refractivity contribution in [1.82, 2.24) is 0 Å². The number of anilines is 2. The Bertz CT molecular complexity index is 896. The number of rotatable bonds is 4. The number of carbonyl (C=O) groups excluding carboxylic acids is 2. The van der Waals surface area contributed by atoms with Crippen LogP contribution in [-0.2, 0) is 16.0 Å². The summed E-state index contributed by atoms with van der Waals surface area (Å²) in [6.45, 7) is 2.78. The predicted octanol–water partition coefficient (Wildman–Crippen LogP) is 2.75. The molecule has 4 rings (SSSR count). The molecular formula is C20H20N2O5. The van der Waals surface area contributed by atoms with Gasteiger partial charge in [-0.05, 0) is 49.2 Å². The first-order chi connectivity index (χ1) is 13.1. The quantitative estimate of drug-likeness (QED) is 0.867. The van der Waals surface area contributed by atoms with Gasteiger partial charge in [-0.25, -0.2) is 0 Å². The fraction of sp³-hybridized carbons (Fsp3) is 0.300. The fourth-order valence-corrected chi connectivity index (χ4v) is 3.01. The Balaban J connectivity index is 1.36. The SMILES string of the molecule is C[C@H]1Oc2ccc(NC(=O)CCc3ccc4c(c3)OCCO4)cc2NC1=O. The summed E-state index contributed by atoms with van der Waals surface area (Å²) in [7, 11) is 0. The van der Waals surface area contributed by atoms with E-state index in [0.717, 1.165) is 17.1 Å². The van der Waals surface area contributed by atoms with Crippen LogP contribution in [0.25, 0.3) is 0 Å². The molecule has 0 aromatic heterocycles. The number of benzene rings is 2. The van der Waals surface area contributed by atoms with Crippen molar-refractivity contribution >= 4 is 23.2 Å². The van der Waals surface area contributed by atoms with Gasteiger partial charge in [0.25, 0.3) is 5.91 Å². The van der Waals surface area contributed by atoms with Gasteiger partial charge in [0.2, 0.25) is 5.91 Å². The molecule has 7 nitrogen and oxygen atoms in total. The zero-order chi connectivity index (χ0) is 18.8. The largest absolute Gasteiger partial charge is 0.486 e. The summed E-state index contributed by atoms with van der Waals surface area (Å²) in [4.78, 5) is 24.0. The molecule has 0 spiro atoms. The van der Waals surface area contributed by atoms with Crippen LogP contribution in [0.3, 0.4) is 0 Å². The lowest BCUT2D eigenvalue weighted by Crippen LogP contribution is -2.34. The summed E-state index contributed by atoms with van der Waals surface area (Å²) >= 11 is 0. The molecule has 0 saturated carbocycles. The summed E-state index contributed by atoms with van der Waals surface area (Å²) in [5.74, 6) is 1.74. The maximum Gasteiger partial charge on any atom is 0.265 e. The Labute approximate surface area is 156 Å². The van der Waals surface area contributed by atoms with E-state index >= 15 is 0 Å². The molecule has 2 aliphatic heterocycles. The van der Waals surface area contributed by atoms with Crippen LogP contribution in [0, 0.1) is 0 Å². The Morgan fingerprint density at radius 1 is 1.11 bits per heavy atom. The van der Waals surface area contributed by atoms with E-state index in [1.54, 1.807) is 25.1 Å². The monoisotopic (exact) mass is 368 g/mol. The molecule has 2 aromatic carbocycles. The predicted molar refractivity (Wildman–Crippen MR) is 99.5 cm³/mol. The van der Waals surface area contributed by atoms with Crippen LogP contribution >= 0.6 is 0 Å².